The Morgan fingerprint density at radius 3 is 2.55 bits per heavy atom. The highest BCUT2D eigenvalue weighted by molar-refractivity contribution is 5.80. The molecule has 0 saturated carbocycles. The number of ether oxygens (including phenoxy) is 1. The van der Waals surface area contributed by atoms with E-state index in [1.807, 2.05) is 4.90 Å². The smallest absolute Gasteiger partial charge is 0.236 e. The molecule has 8 nitrogen and oxygen atoms in total. The normalized spacial score (nSPS) is 18.8. The van der Waals surface area contributed by atoms with Crippen LogP contribution in [0.2, 0.25) is 0 Å². The van der Waals surface area contributed by atoms with Crippen LogP contribution in [-0.4, -0.2) is 97.7 Å². The predicted octanol–water partition coefficient (Wildman–Crippen LogP) is -0.130. The molecule has 0 spiro atoms. The van der Waals surface area contributed by atoms with Gasteiger partial charge in [0.1, 0.15) is 5.82 Å². The van der Waals surface area contributed by atoms with Crippen LogP contribution < -0.4 is 5.32 Å². The Balaban J connectivity index is 1.45. The fourth-order valence-corrected chi connectivity index (χ4v) is 3.59. The summed E-state index contributed by atoms with van der Waals surface area (Å²) in [7, 11) is 1.74. The van der Waals surface area contributed by atoms with E-state index in [0.717, 1.165) is 37.7 Å². The van der Waals surface area contributed by atoms with Crippen LogP contribution in [0.5, 0.6) is 0 Å². The molecule has 160 valence electrons. The second-order valence-corrected chi connectivity index (χ2v) is 7.24. The molecule has 0 bridgehead atoms. The van der Waals surface area contributed by atoms with Gasteiger partial charge in [0.05, 0.1) is 26.4 Å². The number of aliphatic imine (C=N–C) groups is 1. The lowest BCUT2D eigenvalue weighted by atomic mass is 10.1. The van der Waals surface area contributed by atoms with Gasteiger partial charge in [0.25, 0.3) is 0 Å². The lowest BCUT2D eigenvalue weighted by Gasteiger charge is -2.37. The number of aliphatic hydroxyl groups excluding tert-OH is 1. The number of carbonyl (C=O) groups excluding carboxylic acids is 1. The van der Waals surface area contributed by atoms with Gasteiger partial charge in [0.15, 0.2) is 5.96 Å². The second-order valence-electron chi connectivity index (χ2n) is 7.24. The molecule has 2 N–H and O–H groups in total. The zero-order valence-electron chi connectivity index (χ0n) is 16.9. The first kappa shape index (κ1) is 21.5. The van der Waals surface area contributed by atoms with Crippen molar-refractivity contribution < 1.29 is 19.0 Å². The zero-order chi connectivity index (χ0) is 20.6. The molecule has 2 aliphatic heterocycles. The third-order valence-corrected chi connectivity index (χ3v) is 5.34. The summed E-state index contributed by atoms with van der Waals surface area (Å²) in [5.74, 6) is 0.544. The monoisotopic (exact) mass is 407 g/mol. The van der Waals surface area contributed by atoms with Crippen molar-refractivity contribution in [2.24, 2.45) is 4.99 Å². The number of guanidine groups is 1. The van der Waals surface area contributed by atoms with Crippen molar-refractivity contribution in [2.75, 3.05) is 66.1 Å². The number of carbonyl (C=O) groups is 1. The van der Waals surface area contributed by atoms with Gasteiger partial charge < -0.3 is 25.0 Å². The minimum Gasteiger partial charge on any atom is -0.392 e. The number of hydrogen-bond acceptors (Lipinski definition) is 5. The number of rotatable bonds is 5. The summed E-state index contributed by atoms with van der Waals surface area (Å²) in [6.07, 6.45) is 0. The van der Waals surface area contributed by atoms with Gasteiger partial charge in [-0.2, -0.15) is 0 Å². The Morgan fingerprint density at radius 2 is 1.90 bits per heavy atom. The molecule has 1 aromatic carbocycles. The fourth-order valence-electron chi connectivity index (χ4n) is 3.59. The highest BCUT2D eigenvalue weighted by Crippen LogP contribution is 2.11. The number of aliphatic hydroxyl groups is 1. The number of nitrogens with zero attached hydrogens (tertiary/aromatic N) is 4. The van der Waals surface area contributed by atoms with Crippen LogP contribution in [-0.2, 0) is 22.7 Å². The van der Waals surface area contributed by atoms with E-state index in [1.54, 1.807) is 19.2 Å². The molecule has 2 saturated heterocycles. The van der Waals surface area contributed by atoms with Crippen LogP contribution in [0.15, 0.2) is 23.2 Å². The van der Waals surface area contributed by atoms with Gasteiger partial charge in [-0.25, -0.2) is 4.39 Å². The van der Waals surface area contributed by atoms with E-state index in [2.05, 4.69) is 20.1 Å². The summed E-state index contributed by atoms with van der Waals surface area (Å²) in [6.45, 7) is 6.36. The molecule has 2 fully saturated rings. The Labute approximate surface area is 170 Å². The third kappa shape index (κ3) is 5.88. The molecule has 1 aromatic rings. The molecule has 9 heteroatoms. The van der Waals surface area contributed by atoms with E-state index in [9.17, 15) is 14.3 Å². The number of hydrogen-bond donors (Lipinski definition) is 2. The van der Waals surface area contributed by atoms with E-state index in [0.29, 0.717) is 39.4 Å². The van der Waals surface area contributed by atoms with Gasteiger partial charge >= 0.3 is 0 Å². The summed E-state index contributed by atoms with van der Waals surface area (Å²) in [6, 6.07) is 4.73. The molecule has 29 heavy (non-hydrogen) atoms. The second kappa shape index (κ2) is 10.5. The minimum absolute atomic E-state index is 0.167. The van der Waals surface area contributed by atoms with Crippen molar-refractivity contribution in [1.82, 2.24) is 20.0 Å². The highest BCUT2D eigenvalue weighted by atomic mass is 19.1. The van der Waals surface area contributed by atoms with Gasteiger partial charge in [-0.1, -0.05) is 6.07 Å². The van der Waals surface area contributed by atoms with E-state index in [1.165, 1.54) is 6.07 Å². The summed E-state index contributed by atoms with van der Waals surface area (Å²) in [5, 5.41) is 12.5. The fraction of sp³-hybridized carbons (Fsp3) is 0.600. The van der Waals surface area contributed by atoms with E-state index >= 15 is 0 Å². The first-order chi connectivity index (χ1) is 14.1. The van der Waals surface area contributed by atoms with Crippen LogP contribution in [0.4, 0.5) is 4.39 Å². The Kier molecular flexibility index (Phi) is 7.79. The minimum atomic E-state index is -0.400. The molecular formula is C20H30FN5O3. The number of halogens is 1. The van der Waals surface area contributed by atoms with E-state index in [-0.39, 0.29) is 18.1 Å². The number of nitrogens with one attached hydrogen (secondary N) is 1. The van der Waals surface area contributed by atoms with Crippen LogP contribution in [0, 0.1) is 5.82 Å². The van der Waals surface area contributed by atoms with Crippen LogP contribution in [0.25, 0.3) is 0 Å². The van der Waals surface area contributed by atoms with Gasteiger partial charge in [-0.05, 0) is 17.7 Å². The standard InChI is InChI=1S/C20H30FN5O3/c1-22-20(23-13-16-2-3-18(21)17(12-16)15-27)26-6-4-24(5-7-26)14-19(28)25-8-10-29-11-9-25/h2-3,12,27H,4-11,13-15H2,1H3,(H,22,23). The number of amides is 1. The van der Waals surface area contributed by atoms with Gasteiger partial charge in [0, 0.05) is 58.4 Å². The van der Waals surface area contributed by atoms with Crippen molar-refractivity contribution in [3.63, 3.8) is 0 Å². The molecular weight excluding hydrogens is 377 g/mol. The predicted molar refractivity (Wildman–Crippen MR) is 108 cm³/mol. The van der Waals surface area contributed by atoms with Crippen molar-refractivity contribution in [3.8, 4) is 0 Å². The summed E-state index contributed by atoms with van der Waals surface area (Å²) >= 11 is 0. The molecule has 3 rings (SSSR count). The molecule has 2 aliphatic rings. The summed E-state index contributed by atoms with van der Waals surface area (Å²) < 4.78 is 18.8. The average Bonchev–Trinajstić information content (AvgIpc) is 2.76. The topological polar surface area (TPSA) is 80.6 Å². The molecule has 0 radical (unpaired) electrons. The third-order valence-electron chi connectivity index (χ3n) is 5.34. The molecule has 0 aliphatic carbocycles. The molecule has 0 atom stereocenters. The van der Waals surface area contributed by atoms with Crippen LogP contribution >= 0.6 is 0 Å². The first-order valence-corrected chi connectivity index (χ1v) is 10.0. The Bertz CT molecular complexity index is 716. The quantitative estimate of drug-likeness (QED) is 0.523. The first-order valence-electron chi connectivity index (χ1n) is 10.0. The summed E-state index contributed by atoms with van der Waals surface area (Å²) in [4.78, 5) is 23.0. The maximum absolute atomic E-state index is 13.5. The molecule has 0 aromatic heterocycles. The van der Waals surface area contributed by atoms with Gasteiger partial charge in [-0.15, -0.1) is 0 Å². The maximum atomic E-state index is 13.5. The van der Waals surface area contributed by atoms with E-state index in [4.69, 9.17) is 4.74 Å². The van der Waals surface area contributed by atoms with Gasteiger partial charge in [-0.3, -0.25) is 14.7 Å². The molecule has 2 heterocycles. The lowest BCUT2D eigenvalue weighted by molar-refractivity contribution is -0.136. The maximum Gasteiger partial charge on any atom is 0.236 e. The number of benzene rings is 1. The zero-order valence-corrected chi connectivity index (χ0v) is 16.9. The molecule has 1 amide bonds. The lowest BCUT2D eigenvalue weighted by Crippen LogP contribution is -2.54. The number of piperazine rings is 1. The van der Waals surface area contributed by atoms with Crippen molar-refractivity contribution >= 4 is 11.9 Å². The van der Waals surface area contributed by atoms with E-state index < -0.39 is 5.82 Å². The SMILES string of the molecule is CN=C(NCc1ccc(F)c(CO)c1)N1CCN(CC(=O)N2CCOCC2)CC1. The van der Waals surface area contributed by atoms with Crippen LogP contribution in [0.3, 0.4) is 0 Å². The summed E-state index contributed by atoms with van der Waals surface area (Å²) in [5.41, 5.74) is 1.17. The Morgan fingerprint density at radius 1 is 1.17 bits per heavy atom. The van der Waals surface area contributed by atoms with Crippen LogP contribution in [0.1, 0.15) is 11.1 Å². The Hall–Kier alpha value is -2.23. The largest absolute Gasteiger partial charge is 0.392 e. The number of morpholine rings is 1. The highest BCUT2D eigenvalue weighted by Gasteiger charge is 2.24. The van der Waals surface area contributed by atoms with Gasteiger partial charge in [0.2, 0.25) is 5.91 Å². The average molecular weight is 407 g/mol. The molecule has 0 unspecified atom stereocenters. The van der Waals surface area contributed by atoms with Crippen molar-refractivity contribution in [2.45, 2.75) is 13.2 Å². The van der Waals surface area contributed by atoms with Crippen molar-refractivity contribution in [1.29, 1.82) is 0 Å². The van der Waals surface area contributed by atoms with Crippen molar-refractivity contribution in [3.05, 3.63) is 35.1 Å².